The lowest BCUT2D eigenvalue weighted by molar-refractivity contribution is -0.137. The predicted octanol–water partition coefficient (Wildman–Crippen LogP) is 5.41. The van der Waals surface area contributed by atoms with E-state index in [2.05, 4.69) is 10.6 Å². The molecule has 35 heavy (non-hydrogen) atoms. The number of hydrogen-bond acceptors (Lipinski definition) is 4. The lowest BCUT2D eigenvalue weighted by atomic mass is 10.1. The molecule has 0 aliphatic heterocycles. The minimum absolute atomic E-state index is 0.132. The van der Waals surface area contributed by atoms with Crippen molar-refractivity contribution in [2.24, 2.45) is 0 Å². The van der Waals surface area contributed by atoms with Gasteiger partial charge in [-0.2, -0.15) is 18.4 Å². The predicted molar refractivity (Wildman–Crippen MR) is 121 cm³/mol. The third kappa shape index (κ3) is 7.17. The van der Waals surface area contributed by atoms with Gasteiger partial charge in [0, 0.05) is 16.9 Å². The van der Waals surface area contributed by atoms with Crippen molar-refractivity contribution in [1.82, 2.24) is 0 Å². The molecule has 0 radical (unpaired) electrons. The van der Waals surface area contributed by atoms with Gasteiger partial charge in [-0.1, -0.05) is 24.3 Å². The Hall–Kier alpha value is -4.65. The van der Waals surface area contributed by atoms with Gasteiger partial charge in [0.15, 0.2) is 6.61 Å². The minimum Gasteiger partial charge on any atom is -0.483 e. The average Bonchev–Trinajstić information content (AvgIpc) is 2.83. The maximum Gasteiger partial charge on any atom is 0.416 e. The molecule has 0 saturated heterocycles. The summed E-state index contributed by atoms with van der Waals surface area (Å²) in [7, 11) is 0. The highest BCUT2D eigenvalue weighted by molar-refractivity contribution is 6.09. The second kappa shape index (κ2) is 11.0. The summed E-state index contributed by atoms with van der Waals surface area (Å²) < 4.78 is 57.2. The second-order valence-electron chi connectivity index (χ2n) is 7.08. The molecule has 3 aromatic carbocycles. The Balaban J connectivity index is 1.71. The zero-order valence-corrected chi connectivity index (χ0v) is 17.9. The fraction of sp³-hybridized carbons (Fsp3) is 0.0800. The van der Waals surface area contributed by atoms with Gasteiger partial charge in [-0.15, -0.1) is 0 Å². The van der Waals surface area contributed by atoms with Crippen LogP contribution in [0.3, 0.4) is 0 Å². The molecule has 0 aliphatic rings. The van der Waals surface area contributed by atoms with E-state index >= 15 is 0 Å². The number of ether oxygens (including phenoxy) is 1. The fourth-order valence-electron chi connectivity index (χ4n) is 2.88. The molecule has 0 bridgehead atoms. The van der Waals surface area contributed by atoms with Crippen LogP contribution in [0, 0.1) is 17.1 Å². The van der Waals surface area contributed by atoms with E-state index in [1.165, 1.54) is 48.5 Å². The van der Waals surface area contributed by atoms with Gasteiger partial charge in [0.2, 0.25) is 0 Å². The van der Waals surface area contributed by atoms with Crippen molar-refractivity contribution in [2.75, 3.05) is 17.2 Å². The van der Waals surface area contributed by atoms with Crippen molar-refractivity contribution in [3.63, 3.8) is 0 Å². The van der Waals surface area contributed by atoms with Gasteiger partial charge in [0.05, 0.1) is 5.56 Å². The van der Waals surface area contributed by atoms with Gasteiger partial charge in [-0.05, 0) is 54.6 Å². The molecule has 3 aromatic rings. The molecule has 0 unspecified atom stereocenters. The first-order chi connectivity index (χ1) is 16.7. The summed E-state index contributed by atoms with van der Waals surface area (Å²) in [5.41, 5.74) is -0.818. The van der Waals surface area contributed by atoms with Crippen LogP contribution in [0.5, 0.6) is 5.75 Å². The Morgan fingerprint density at radius 1 is 0.943 bits per heavy atom. The summed E-state index contributed by atoms with van der Waals surface area (Å²) >= 11 is 0. The second-order valence-corrected chi connectivity index (χ2v) is 7.08. The normalized spacial score (nSPS) is 11.3. The van der Waals surface area contributed by atoms with Crippen LogP contribution in [0.2, 0.25) is 0 Å². The quantitative estimate of drug-likeness (QED) is 0.267. The van der Waals surface area contributed by atoms with Crippen molar-refractivity contribution in [1.29, 1.82) is 5.26 Å². The third-order valence-electron chi connectivity index (χ3n) is 4.52. The number of nitriles is 1. The highest BCUT2D eigenvalue weighted by Gasteiger charge is 2.30. The number of nitrogens with zero attached hydrogens (tertiary/aromatic N) is 1. The zero-order chi connectivity index (χ0) is 25.4. The fourth-order valence-corrected chi connectivity index (χ4v) is 2.88. The summed E-state index contributed by atoms with van der Waals surface area (Å²) in [6.07, 6.45) is -3.40. The number of hydrogen-bond donors (Lipinski definition) is 2. The first-order valence-corrected chi connectivity index (χ1v) is 10.0. The Bertz CT molecular complexity index is 1300. The number of rotatable bonds is 7. The van der Waals surface area contributed by atoms with Crippen LogP contribution in [-0.4, -0.2) is 18.4 Å². The topological polar surface area (TPSA) is 91.2 Å². The number of carbonyl (C=O) groups excluding carboxylic acids is 2. The lowest BCUT2D eigenvalue weighted by Gasteiger charge is -2.11. The molecule has 2 N–H and O–H groups in total. The third-order valence-corrected chi connectivity index (χ3v) is 4.52. The average molecular weight is 483 g/mol. The monoisotopic (exact) mass is 483 g/mol. The van der Waals surface area contributed by atoms with Crippen LogP contribution in [-0.2, 0) is 15.8 Å². The number of alkyl halides is 3. The molecule has 6 nitrogen and oxygen atoms in total. The molecule has 0 atom stereocenters. The number of nitrogens with one attached hydrogen (secondary N) is 2. The smallest absolute Gasteiger partial charge is 0.416 e. The van der Waals surface area contributed by atoms with Crippen LogP contribution < -0.4 is 15.4 Å². The van der Waals surface area contributed by atoms with E-state index in [1.54, 1.807) is 18.2 Å². The Kier molecular flexibility index (Phi) is 7.84. The molecule has 10 heteroatoms. The van der Waals surface area contributed by atoms with Gasteiger partial charge in [0.25, 0.3) is 11.8 Å². The molecule has 0 spiro atoms. The van der Waals surface area contributed by atoms with Gasteiger partial charge >= 0.3 is 6.18 Å². The SMILES string of the molecule is N#C/C(=C/c1ccccc1OCC(=O)Nc1ccc(F)cc1)C(=O)Nc1cccc(C(F)(F)F)c1. The molecular formula is C25H17F4N3O3. The van der Waals surface area contributed by atoms with Crippen molar-refractivity contribution < 1.29 is 31.9 Å². The van der Waals surface area contributed by atoms with Crippen LogP contribution >= 0.6 is 0 Å². The molecule has 0 saturated carbocycles. The van der Waals surface area contributed by atoms with Gasteiger partial charge in [-0.25, -0.2) is 4.39 Å². The first-order valence-electron chi connectivity index (χ1n) is 10.0. The van der Waals surface area contributed by atoms with E-state index < -0.39 is 41.6 Å². The summed E-state index contributed by atoms with van der Waals surface area (Å²) in [5.74, 6) is -1.72. The van der Waals surface area contributed by atoms with E-state index in [9.17, 15) is 32.4 Å². The molecule has 0 aliphatic carbocycles. The molecule has 2 amide bonds. The van der Waals surface area contributed by atoms with Crippen molar-refractivity contribution in [3.8, 4) is 11.8 Å². The van der Waals surface area contributed by atoms with Crippen LogP contribution in [0.4, 0.5) is 28.9 Å². The molecule has 0 fully saturated rings. The number of benzene rings is 3. The summed E-state index contributed by atoms with van der Waals surface area (Å²) in [6, 6.07) is 17.1. The Labute approximate surface area is 197 Å². The van der Waals surface area contributed by atoms with E-state index in [0.29, 0.717) is 5.69 Å². The van der Waals surface area contributed by atoms with Crippen molar-refractivity contribution in [2.45, 2.75) is 6.18 Å². The highest BCUT2D eigenvalue weighted by Crippen LogP contribution is 2.31. The lowest BCUT2D eigenvalue weighted by Crippen LogP contribution is -2.20. The number of carbonyl (C=O) groups is 2. The number of halogens is 4. The van der Waals surface area contributed by atoms with Gasteiger partial charge in [-0.3, -0.25) is 9.59 Å². The standard InChI is InChI=1S/C25H17F4N3O3/c26-19-8-10-20(11-9-19)31-23(33)15-35-22-7-2-1-4-16(22)12-17(14-30)24(34)32-21-6-3-5-18(13-21)25(27,28)29/h1-13H,15H2,(H,31,33)(H,32,34)/b17-12-. The highest BCUT2D eigenvalue weighted by atomic mass is 19.4. The number of anilines is 2. The van der Waals surface area contributed by atoms with Gasteiger partial charge < -0.3 is 15.4 Å². The maximum absolute atomic E-state index is 13.0. The first kappa shape index (κ1) is 25.0. The van der Waals surface area contributed by atoms with E-state index in [0.717, 1.165) is 18.2 Å². The molecule has 0 heterocycles. The van der Waals surface area contributed by atoms with E-state index in [1.807, 2.05) is 0 Å². The van der Waals surface area contributed by atoms with Gasteiger partial charge in [0.1, 0.15) is 23.2 Å². The number of amides is 2. The zero-order valence-electron chi connectivity index (χ0n) is 17.9. The summed E-state index contributed by atoms with van der Waals surface area (Å²) in [6.45, 7) is -0.416. The van der Waals surface area contributed by atoms with Crippen LogP contribution in [0.25, 0.3) is 6.08 Å². The van der Waals surface area contributed by atoms with E-state index in [4.69, 9.17) is 4.74 Å². The summed E-state index contributed by atoms with van der Waals surface area (Å²) in [4.78, 5) is 24.6. The maximum atomic E-state index is 13.0. The Morgan fingerprint density at radius 3 is 2.34 bits per heavy atom. The molecule has 3 rings (SSSR count). The van der Waals surface area contributed by atoms with E-state index in [-0.39, 0.29) is 17.0 Å². The van der Waals surface area contributed by atoms with Crippen molar-refractivity contribution >= 4 is 29.3 Å². The molecular weight excluding hydrogens is 466 g/mol. The Morgan fingerprint density at radius 2 is 1.66 bits per heavy atom. The van der Waals surface area contributed by atoms with Crippen LogP contribution in [0.15, 0.2) is 78.4 Å². The van der Waals surface area contributed by atoms with Crippen molar-refractivity contribution in [3.05, 3.63) is 95.3 Å². The molecule has 178 valence electrons. The minimum atomic E-state index is -4.59. The van der Waals surface area contributed by atoms with Crippen LogP contribution in [0.1, 0.15) is 11.1 Å². The molecule has 0 aromatic heterocycles. The largest absolute Gasteiger partial charge is 0.483 e. The number of para-hydroxylation sites is 1. The summed E-state index contributed by atoms with van der Waals surface area (Å²) in [5, 5.41) is 14.2.